The quantitative estimate of drug-likeness (QED) is 0.493. The van der Waals surface area contributed by atoms with Gasteiger partial charge in [0.25, 0.3) is 0 Å². The van der Waals surface area contributed by atoms with Crippen molar-refractivity contribution in [3.05, 3.63) is 29.8 Å². The van der Waals surface area contributed by atoms with E-state index < -0.39 is 10.8 Å². The Balaban J connectivity index is 2.76. The van der Waals surface area contributed by atoms with Gasteiger partial charge >= 0.3 is 5.97 Å². The molecule has 7 heteroatoms. The average molecular weight is 357 g/mol. The highest BCUT2D eigenvalue weighted by atomic mass is 32.2. The van der Waals surface area contributed by atoms with E-state index in [0.29, 0.717) is 11.5 Å². The Morgan fingerprint density at radius 2 is 1.91 bits per heavy atom. The molecule has 1 aromatic rings. The van der Waals surface area contributed by atoms with E-state index in [1.165, 1.54) is 18.7 Å². The Hall–Kier alpha value is -1.34. The third kappa shape index (κ3) is 5.66. The Kier molecular flexibility index (Phi) is 7.28. The maximum absolute atomic E-state index is 12.0. The van der Waals surface area contributed by atoms with Crippen molar-refractivity contribution in [2.24, 2.45) is 5.92 Å². The Labute approximate surface area is 147 Å². The van der Waals surface area contributed by atoms with Crippen molar-refractivity contribution in [2.75, 3.05) is 24.7 Å². The molecule has 23 heavy (non-hydrogen) atoms. The number of hydrogen-bond acceptors (Lipinski definition) is 5. The topological polar surface area (TPSA) is 69.6 Å². The van der Waals surface area contributed by atoms with Crippen molar-refractivity contribution in [1.82, 2.24) is 5.32 Å². The number of carbonyl (C=O) groups is 2. The molecule has 0 saturated carbocycles. The summed E-state index contributed by atoms with van der Waals surface area (Å²) in [6.45, 7) is 3.23. The van der Waals surface area contributed by atoms with Crippen LogP contribution in [0.5, 0.6) is 0 Å². The van der Waals surface area contributed by atoms with E-state index in [2.05, 4.69) is 17.9 Å². The minimum atomic E-state index is -1.37. The van der Waals surface area contributed by atoms with Crippen LogP contribution < -0.4 is 10.2 Å². The van der Waals surface area contributed by atoms with E-state index in [-0.39, 0.29) is 11.8 Å². The number of amides is 1. The Morgan fingerprint density at radius 1 is 1.35 bits per heavy atom. The lowest BCUT2D eigenvalue weighted by Gasteiger charge is -2.27. The molecule has 5 nitrogen and oxygen atoms in total. The van der Waals surface area contributed by atoms with Crippen molar-refractivity contribution in [1.29, 1.82) is 0 Å². The molecule has 2 atom stereocenters. The van der Waals surface area contributed by atoms with Crippen molar-refractivity contribution < 1.29 is 14.7 Å². The minimum absolute atomic E-state index is 0.305. The summed E-state index contributed by atoms with van der Waals surface area (Å²) in [6.07, 6.45) is 0. The fourth-order valence-corrected chi connectivity index (χ4v) is 2.82. The number of thiol groups is 1. The first-order valence-electron chi connectivity index (χ1n) is 7.26. The highest BCUT2D eigenvalue weighted by molar-refractivity contribution is 8.00. The van der Waals surface area contributed by atoms with Crippen molar-refractivity contribution in [3.63, 3.8) is 0 Å². The van der Waals surface area contributed by atoms with Gasteiger partial charge in [0.2, 0.25) is 5.91 Å². The van der Waals surface area contributed by atoms with Gasteiger partial charge in [0.05, 0.1) is 0 Å². The number of carbonyl (C=O) groups excluding carboxylic acids is 1. The predicted molar refractivity (Wildman–Crippen MR) is 99.3 cm³/mol. The van der Waals surface area contributed by atoms with Gasteiger partial charge in [0.1, 0.15) is 0 Å². The SMILES string of the molecule is CC(CS)C(=O)N[C@](C)(SCc1ccc(N(C)C)cc1)C(=O)O. The molecule has 0 aromatic heterocycles. The maximum atomic E-state index is 12.0. The van der Waals surface area contributed by atoms with Gasteiger partial charge in [-0.25, -0.2) is 4.79 Å². The average Bonchev–Trinajstić information content (AvgIpc) is 2.52. The van der Waals surface area contributed by atoms with Crippen LogP contribution in [0.2, 0.25) is 0 Å². The molecule has 0 radical (unpaired) electrons. The molecule has 1 amide bonds. The zero-order valence-corrected chi connectivity index (χ0v) is 15.6. The van der Waals surface area contributed by atoms with Crippen molar-refractivity contribution >= 4 is 42.0 Å². The van der Waals surface area contributed by atoms with Crippen LogP contribution in [-0.2, 0) is 15.3 Å². The number of rotatable bonds is 8. The summed E-state index contributed by atoms with van der Waals surface area (Å²) in [7, 11) is 3.92. The minimum Gasteiger partial charge on any atom is -0.479 e. The normalized spacial score (nSPS) is 14.7. The van der Waals surface area contributed by atoms with Crippen molar-refractivity contribution in [3.8, 4) is 0 Å². The van der Waals surface area contributed by atoms with Gasteiger partial charge in [-0.1, -0.05) is 19.1 Å². The van der Waals surface area contributed by atoms with Crippen LogP contribution in [0.3, 0.4) is 0 Å². The van der Waals surface area contributed by atoms with Crippen LogP contribution in [0.25, 0.3) is 0 Å². The molecule has 0 fully saturated rings. The van der Waals surface area contributed by atoms with Gasteiger partial charge in [-0.3, -0.25) is 4.79 Å². The second-order valence-corrected chi connectivity index (χ2v) is 7.52. The number of carboxylic acid groups (broad SMARTS) is 1. The van der Waals surface area contributed by atoms with Crippen LogP contribution in [0.4, 0.5) is 5.69 Å². The van der Waals surface area contributed by atoms with Gasteiger partial charge in [-0.05, 0) is 24.6 Å². The molecule has 2 N–H and O–H groups in total. The number of hydrogen-bond donors (Lipinski definition) is 3. The number of nitrogens with one attached hydrogen (secondary N) is 1. The standard InChI is InChI=1S/C16H24N2O3S2/c1-11(9-22)14(19)17-16(2,15(20)21)23-10-12-5-7-13(8-6-12)18(3)4/h5-8,11,22H,9-10H2,1-4H3,(H,17,19)(H,20,21)/t11?,16-/m1/s1. The van der Waals surface area contributed by atoms with Crippen LogP contribution in [0, 0.1) is 5.92 Å². The Morgan fingerprint density at radius 3 is 2.35 bits per heavy atom. The molecule has 0 saturated heterocycles. The first-order valence-corrected chi connectivity index (χ1v) is 8.88. The molecule has 1 rings (SSSR count). The largest absolute Gasteiger partial charge is 0.479 e. The molecule has 0 heterocycles. The highest BCUT2D eigenvalue weighted by Gasteiger charge is 2.36. The monoisotopic (exact) mass is 356 g/mol. The number of aliphatic carboxylic acids is 1. The zero-order valence-electron chi connectivity index (χ0n) is 13.9. The van der Waals surface area contributed by atoms with Gasteiger partial charge in [-0.2, -0.15) is 12.6 Å². The molecule has 0 aliphatic rings. The number of carboxylic acids is 1. The lowest BCUT2D eigenvalue weighted by atomic mass is 10.2. The third-order valence-electron chi connectivity index (χ3n) is 3.47. The molecule has 0 bridgehead atoms. The molecule has 128 valence electrons. The summed E-state index contributed by atoms with van der Waals surface area (Å²) in [5.74, 6) is -0.839. The van der Waals surface area contributed by atoms with Crippen LogP contribution in [0.1, 0.15) is 19.4 Å². The van der Waals surface area contributed by atoms with E-state index in [1.807, 2.05) is 43.3 Å². The van der Waals surface area contributed by atoms with Crippen LogP contribution in [-0.4, -0.2) is 41.7 Å². The van der Waals surface area contributed by atoms with E-state index in [0.717, 1.165) is 11.3 Å². The summed E-state index contributed by atoms with van der Waals surface area (Å²) >= 11 is 5.26. The van der Waals surface area contributed by atoms with Gasteiger partial charge < -0.3 is 15.3 Å². The lowest BCUT2D eigenvalue weighted by molar-refractivity contribution is -0.143. The van der Waals surface area contributed by atoms with Crippen LogP contribution >= 0.6 is 24.4 Å². The number of nitrogens with zero attached hydrogens (tertiary/aromatic N) is 1. The Bertz CT molecular complexity index is 549. The summed E-state index contributed by atoms with van der Waals surface area (Å²) < 4.78 is 0. The molecule has 1 unspecified atom stereocenters. The second kappa shape index (κ2) is 8.49. The summed E-state index contributed by atoms with van der Waals surface area (Å²) in [5, 5.41) is 12.1. The first kappa shape index (κ1) is 19.7. The van der Waals surface area contributed by atoms with Gasteiger partial charge in [0.15, 0.2) is 4.87 Å². The number of anilines is 1. The van der Waals surface area contributed by atoms with Gasteiger partial charge in [-0.15, -0.1) is 11.8 Å². The fraction of sp³-hybridized carbons (Fsp3) is 0.500. The predicted octanol–water partition coefficient (Wildman–Crippen LogP) is 2.47. The van der Waals surface area contributed by atoms with Gasteiger partial charge in [0, 0.05) is 37.2 Å². The molecule has 0 spiro atoms. The van der Waals surface area contributed by atoms with E-state index >= 15 is 0 Å². The first-order chi connectivity index (χ1) is 10.7. The number of benzene rings is 1. The van der Waals surface area contributed by atoms with E-state index in [4.69, 9.17) is 0 Å². The lowest BCUT2D eigenvalue weighted by Crippen LogP contribution is -2.51. The molecule has 1 aromatic carbocycles. The summed E-state index contributed by atoms with van der Waals surface area (Å²) in [6, 6.07) is 7.89. The fourth-order valence-electron chi connectivity index (χ4n) is 1.71. The number of thioether (sulfide) groups is 1. The van der Waals surface area contributed by atoms with Crippen molar-refractivity contribution in [2.45, 2.75) is 24.5 Å². The summed E-state index contributed by atoms with van der Waals surface area (Å²) in [5.41, 5.74) is 2.08. The van der Waals surface area contributed by atoms with Crippen LogP contribution in [0.15, 0.2) is 24.3 Å². The van der Waals surface area contributed by atoms with E-state index in [1.54, 1.807) is 6.92 Å². The highest BCUT2D eigenvalue weighted by Crippen LogP contribution is 2.28. The third-order valence-corrected chi connectivity index (χ3v) is 5.35. The zero-order chi connectivity index (χ0) is 17.6. The molecular weight excluding hydrogens is 332 g/mol. The smallest absolute Gasteiger partial charge is 0.339 e. The molecular formula is C16H24N2O3S2. The summed E-state index contributed by atoms with van der Waals surface area (Å²) in [4.78, 5) is 24.2. The molecule has 0 aliphatic carbocycles. The second-order valence-electron chi connectivity index (χ2n) is 5.76. The van der Waals surface area contributed by atoms with E-state index in [9.17, 15) is 14.7 Å². The maximum Gasteiger partial charge on any atom is 0.339 e. The molecule has 0 aliphatic heterocycles.